The fraction of sp³-hybridized carbons (Fsp3) is 0.931. The summed E-state index contributed by atoms with van der Waals surface area (Å²) in [5.74, 6) is -2.00. The van der Waals surface area contributed by atoms with Gasteiger partial charge in [-0.1, -0.05) is 90.9 Å². The van der Waals surface area contributed by atoms with Gasteiger partial charge in [-0.2, -0.15) is 8.42 Å². The molecular formula is C29H54O12S. The van der Waals surface area contributed by atoms with E-state index in [4.69, 9.17) is 23.5 Å². The van der Waals surface area contributed by atoms with Gasteiger partial charge in [0.05, 0.1) is 6.61 Å². The number of hydrogen-bond acceptors (Lipinski definition) is 11. The van der Waals surface area contributed by atoms with Gasteiger partial charge in [-0.25, -0.2) is 0 Å². The maximum atomic E-state index is 12.5. The molecule has 1 heterocycles. The largest absolute Gasteiger partial charge is 0.462 e. The molecule has 1 saturated heterocycles. The molecule has 0 aromatic heterocycles. The first-order valence-electron chi connectivity index (χ1n) is 15.6. The number of unbranched alkanes of at least 4 members (excludes halogenated alkanes) is 12. The van der Waals surface area contributed by atoms with E-state index in [1.165, 1.54) is 38.5 Å². The van der Waals surface area contributed by atoms with Crippen molar-refractivity contribution in [2.45, 2.75) is 153 Å². The van der Waals surface area contributed by atoms with Crippen LogP contribution in [0.3, 0.4) is 0 Å². The molecule has 12 nitrogen and oxygen atoms in total. The molecule has 0 aliphatic carbocycles. The van der Waals surface area contributed by atoms with Crippen molar-refractivity contribution in [1.29, 1.82) is 0 Å². The Bertz CT molecular complexity index is 836. The van der Waals surface area contributed by atoms with Crippen LogP contribution >= 0.6 is 0 Å². The van der Waals surface area contributed by atoms with Gasteiger partial charge in [-0.3, -0.25) is 14.1 Å². The SMILES string of the molecule is CCCCCCCCCCCCC(=O)O[C@H](COC(=O)CCCCCC)CO[C@@H]1O[C@H](CS(=O)(=O)O)[C@@H](O)[C@H](O)[C@H]1O. The van der Waals surface area contributed by atoms with Crippen molar-refractivity contribution in [3.05, 3.63) is 0 Å². The Labute approximate surface area is 251 Å². The van der Waals surface area contributed by atoms with Gasteiger partial charge in [0.25, 0.3) is 10.1 Å². The molecule has 1 fully saturated rings. The molecule has 1 rings (SSSR count). The zero-order chi connectivity index (χ0) is 31.4. The van der Waals surface area contributed by atoms with E-state index in [2.05, 4.69) is 13.8 Å². The van der Waals surface area contributed by atoms with Gasteiger partial charge in [0.2, 0.25) is 0 Å². The first-order chi connectivity index (χ1) is 20.0. The van der Waals surface area contributed by atoms with Crippen molar-refractivity contribution in [2.24, 2.45) is 0 Å². The smallest absolute Gasteiger partial charge is 0.306 e. The van der Waals surface area contributed by atoms with Crippen molar-refractivity contribution in [3.63, 3.8) is 0 Å². The van der Waals surface area contributed by atoms with Gasteiger partial charge in [0, 0.05) is 12.8 Å². The average molecular weight is 627 g/mol. The number of rotatable bonds is 24. The monoisotopic (exact) mass is 626 g/mol. The van der Waals surface area contributed by atoms with Crippen LogP contribution in [0, 0.1) is 0 Å². The van der Waals surface area contributed by atoms with Gasteiger partial charge in [-0.05, 0) is 12.8 Å². The third kappa shape index (κ3) is 17.7. The van der Waals surface area contributed by atoms with Crippen molar-refractivity contribution in [1.82, 2.24) is 0 Å². The Morgan fingerprint density at radius 1 is 0.714 bits per heavy atom. The first-order valence-corrected chi connectivity index (χ1v) is 17.2. The van der Waals surface area contributed by atoms with Gasteiger partial charge >= 0.3 is 11.9 Å². The van der Waals surface area contributed by atoms with E-state index in [9.17, 15) is 33.3 Å². The standard InChI is InChI=1S/C29H54O12S/c1-3-5-7-9-10-11-12-13-14-16-18-25(31)40-22(19-38-24(30)17-15-8-6-4-2)20-39-29-28(34)27(33)26(32)23(41-29)21-42(35,36)37/h22-23,26-29,32-34H,3-21H2,1-2H3,(H,35,36,37)/t22-,23-,26-,27+,28-,29-/m1/s1. The second-order valence-electron chi connectivity index (χ2n) is 11.1. The summed E-state index contributed by atoms with van der Waals surface area (Å²) >= 11 is 0. The van der Waals surface area contributed by atoms with Crippen LogP contribution in [0.4, 0.5) is 0 Å². The predicted molar refractivity (Wildman–Crippen MR) is 155 cm³/mol. The molecule has 0 aromatic rings. The van der Waals surface area contributed by atoms with Crippen molar-refractivity contribution < 1.29 is 56.8 Å². The second-order valence-corrected chi connectivity index (χ2v) is 12.6. The predicted octanol–water partition coefficient (Wildman–Crippen LogP) is 3.43. The summed E-state index contributed by atoms with van der Waals surface area (Å²) in [6, 6.07) is 0. The number of ether oxygens (including phenoxy) is 4. The highest BCUT2D eigenvalue weighted by Crippen LogP contribution is 2.23. The normalized spacial score (nSPS) is 23.4. The highest BCUT2D eigenvalue weighted by Gasteiger charge is 2.46. The van der Waals surface area contributed by atoms with Crippen LogP contribution in [0.25, 0.3) is 0 Å². The van der Waals surface area contributed by atoms with Crippen LogP contribution in [0.5, 0.6) is 0 Å². The highest BCUT2D eigenvalue weighted by molar-refractivity contribution is 7.85. The lowest BCUT2D eigenvalue weighted by atomic mass is 10.00. The summed E-state index contributed by atoms with van der Waals surface area (Å²) < 4.78 is 53.2. The molecule has 0 unspecified atom stereocenters. The van der Waals surface area contributed by atoms with Crippen molar-refractivity contribution >= 4 is 22.1 Å². The fourth-order valence-corrected chi connectivity index (χ4v) is 5.36. The van der Waals surface area contributed by atoms with Crippen LogP contribution in [0.2, 0.25) is 0 Å². The Morgan fingerprint density at radius 3 is 1.76 bits per heavy atom. The molecule has 0 aromatic carbocycles. The molecule has 0 saturated carbocycles. The third-order valence-corrected chi connectivity index (χ3v) is 7.94. The van der Waals surface area contributed by atoms with Crippen molar-refractivity contribution in [2.75, 3.05) is 19.0 Å². The molecule has 248 valence electrons. The average Bonchev–Trinajstić information content (AvgIpc) is 2.93. The lowest BCUT2D eigenvalue weighted by Gasteiger charge is -2.40. The van der Waals surface area contributed by atoms with Crippen molar-refractivity contribution in [3.8, 4) is 0 Å². The lowest BCUT2D eigenvalue weighted by molar-refractivity contribution is -0.297. The van der Waals surface area contributed by atoms with E-state index in [0.717, 1.165) is 38.5 Å². The molecule has 0 amide bonds. The minimum atomic E-state index is -4.58. The first kappa shape index (κ1) is 38.7. The maximum absolute atomic E-state index is 12.5. The van der Waals surface area contributed by atoms with Gasteiger partial charge in [-0.15, -0.1) is 0 Å². The minimum Gasteiger partial charge on any atom is -0.462 e. The van der Waals surface area contributed by atoms with E-state index >= 15 is 0 Å². The summed E-state index contributed by atoms with van der Waals surface area (Å²) in [7, 11) is -4.58. The van der Waals surface area contributed by atoms with E-state index in [0.29, 0.717) is 12.8 Å². The number of aliphatic hydroxyl groups excluding tert-OH is 3. The van der Waals surface area contributed by atoms with Gasteiger partial charge in [0.1, 0.15) is 36.8 Å². The number of aliphatic hydroxyl groups is 3. The summed E-state index contributed by atoms with van der Waals surface area (Å²) in [6.45, 7) is 3.54. The minimum absolute atomic E-state index is 0.169. The van der Waals surface area contributed by atoms with Crippen LogP contribution < -0.4 is 0 Å². The molecular weight excluding hydrogens is 572 g/mol. The molecule has 0 bridgehead atoms. The van der Waals surface area contributed by atoms with Gasteiger partial charge in [0.15, 0.2) is 12.4 Å². The molecule has 4 N–H and O–H groups in total. The number of carbonyl (C=O) groups excluding carboxylic acids is 2. The molecule has 1 aliphatic heterocycles. The molecule has 1 aliphatic rings. The van der Waals surface area contributed by atoms with Crippen LogP contribution in [0.15, 0.2) is 0 Å². The number of esters is 2. The molecule has 6 atom stereocenters. The fourth-order valence-electron chi connectivity index (χ4n) is 4.67. The third-order valence-electron chi connectivity index (χ3n) is 7.19. The topological polar surface area (TPSA) is 186 Å². The second kappa shape index (κ2) is 22.2. The van der Waals surface area contributed by atoms with E-state index < -0.39 is 71.2 Å². The maximum Gasteiger partial charge on any atom is 0.306 e. The molecule has 0 radical (unpaired) electrons. The van der Waals surface area contributed by atoms with Gasteiger partial charge < -0.3 is 34.3 Å². The number of carbonyl (C=O) groups is 2. The molecule has 0 spiro atoms. The van der Waals surface area contributed by atoms with E-state index in [-0.39, 0.29) is 19.4 Å². The zero-order valence-electron chi connectivity index (χ0n) is 25.4. The zero-order valence-corrected chi connectivity index (χ0v) is 26.2. The molecule has 42 heavy (non-hydrogen) atoms. The highest BCUT2D eigenvalue weighted by atomic mass is 32.2. The summed E-state index contributed by atoms with van der Waals surface area (Å²) in [4.78, 5) is 24.7. The van der Waals surface area contributed by atoms with Crippen LogP contribution in [-0.2, 0) is 38.7 Å². The Kier molecular flexibility index (Phi) is 20.4. The Morgan fingerprint density at radius 2 is 1.21 bits per heavy atom. The summed E-state index contributed by atoms with van der Waals surface area (Å²) in [5, 5.41) is 30.4. The van der Waals surface area contributed by atoms with Crippen LogP contribution in [0.1, 0.15) is 117 Å². The number of hydrogen-bond donors (Lipinski definition) is 4. The van der Waals surface area contributed by atoms with E-state index in [1.54, 1.807) is 0 Å². The van der Waals surface area contributed by atoms with Crippen LogP contribution in [-0.4, -0.2) is 96.0 Å². The van der Waals surface area contributed by atoms with E-state index in [1.807, 2.05) is 0 Å². The quantitative estimate of drug-likeness (QED) is 0.0696. The molecule has 13 heteroatoms. The Hall–Kier alpha value is -1.35. The lowest BCUT2D eigenvalue weighted by Crippen LogP contribution is -2.60. The summed E-state index contributed by atoms with van der Waals surface area (Å²) in [6.07, 6.45) is 5.47. The Balaban J connectivity index is 2.60. The summed E-state index contributed by atoms with van der Waals surface area (Å²) in [5.41, 5.74) is 0.